The van der Waals surface area contributed by atoms with Crippen LogP contribution in [0.25, 0.3) is 6.08 Å². The molecule has 5 aliphatic rings. The van der Waals surface area contributed by atoms with Crippen molar-refractivity contribution < 1.29 is 19.7 Å². The predicted molar refractivity (Wildman–Crippen MR) is 185 cm³/mol. The Balaban J connectivity index is 0.00000196. The Hall–Kier alpha value is -2.23. The van der Waals surface area contributed by atoms with Crippen LogP contribution in [0.1, 0.15) is 132 Å². The van der Waals surface area contributed by atoms with E-state index in [2.05, 4.69) is 54.5 Å². The Labute approximate surface area is 274 Å². The summed E-state index contributed by atoms with van der Waals surface area (Å²) in [6, 6.07) is 4.55. The Morgan fingerprint density at radius 1 is 0.933 bits per heavy atom. The second-order valence-electron chi connectivity index (χ2n) is 17.2. The summed E-state index contributed by atoms with van der Waals surface area (Å²) < 4.78 is 6.07. The Morgan fingerprint density at radius 3 is 2.36 bits per heavy atom. The molecule has 4 saturated carbocycles. The number of hydrogen-bond acceptors (Lipinski definition) is 4. The van der Waals surface area contributed by atoms with E-state index in [0.717, 1.165) is 36.5 Å². The molecule has 9 unspecified atom stereocenters. The summed E-state index contributed by atoms with van der Waals surface area (Å²) in [4.78, 5) is 13.0. The van der Waals surface area contributed by atoms with Crippen molar-refractivity contribution in [1.29, 1.82) is 0 Å². The van der Waals surface area contributed by atoms with Crippen LogP contribution in [0.5, 0.6) is 11.5 Å². The van der Waals surface area contributed by atoms with E-state index in [1.807, 2.05) is 13.8 Å². The monoisotopic (exact) mass is 618 g/mol. The highest BCUT2D eigenvalue weighted by molar-refractivity contribution is 5.87. The van der Waals surface area contributed by atoms with Gasteiger partial charge in [0.1, 0.15) is 0 Å². The molecular formula is C41H62O4. The number of phenols is 2. The number of allylic oxidation sites excluding steroid dienone is 2. The number of carbonyl (C=O) groups is 1. The third kappa shape index (κ3) is 5.58. The van der Waals surface area contributed by atoms with Crippen molar-refractivity contribution in [2.75, 3.05) is 6.61 Å². The summed E-state index contributed by atoms with van der Waals surface area (Å²) in [7, 11) is 0. The first-order chi connectivity index (χ1) is 21.1. The van der Waals surface area contributed by atoms with Gasteiger partial charge in [0.25, 0.3) is 0 Å². The summed E-state index contributed by atoms with van der Waals surface area (Å²) in [5.41, 5.74) is 3.58. The summed E-state index contributed by atoms with van der Waals surface area (Å²) in [6.07, 6.45) is 18.3. The van der Waals surface area contributed by atoms with Gasteiger partial charge >= 0.3 is 5.97 Å². The number of esters is 1. The lowest BCUT2D eigenvalue weighted by atomic mass is 9.34. The van der Waals surface area contributed by atoms with Crippen molar-refractivity contribution in [3.05, 3.63) is 41.5 Å². The third-order valence-electron chi connectivity index (χ3n) is 14.7. The van der Waals surface area contributed by atoms with Crippen molar-refractivity contribution in [2.24, 2.45) is 56.7 Å². The molecule has 0 heterocycles. The van der Waals surface area contributed by atoms with Crippen molar-refractivity contribution in [2.45, 2.75) is 127 Å². The summed E-state index contributed by atoms with van der Waals surface area (Å²) in [6.45, 7) is 22.4. The number of phenolic OH excluding ortho intramolecular Hbond substituents is 2. The number of fused-ring (bicyclic) bond motifs is 7. The molecule has 4 fully saturated rings. The highest BCUT2D eigenvalue weighted by Gasteiger charge is 2.67. The van der Waals surface area contributed by atoms with Gasteiger partial charge in [0.2, 0.25) is 0 Å². The molecule has 0 amide bonds. The molecule has 0 bridgehead atoms. The van der Waals surface area contributed by atoms with Crippen LogP contribution in [0, 0.1) is 56.7 Å². The summed E-state index contributed by atoms with van der Waals surface area (Å²) in [5.74, 6) is 3.01. The molecular weight excluding hydrogens is 556 g/mol. The molecule has 250 valence electrons. The summed E-state index contributed by atoms with van der Waals surface area (Å²) >= 11 is 0. The predicted octanol–water partition coefficient (Wildman–Crippen LogP) is 10.7. The number of rotatable bonds is 4. The average molecular weight is 619 g/mol. The topological polar surface area (TPSA) is 66.8 Å². The largest absolute Gasteiger partial charge is 0.504 e. The first kappa shape index (κ1) is 34.1. The van der Waals surface area contributed by atoms with Crippen molar-refractivity contribution >= 4 is 12.0 Å². The van der Waals surface area contributed by atoms with Gasteiger partial charge in [-0.05, 0) is 139 Å². The van der Waals surface area contributed by atoms with Crippen LogP contribution in [0.15, 0.2) is 35.9 Å². The van der Waals surface area contributed by atoms with E-state index >= 15 is 0 Å². The zero-order valence-corrected chi connectivity index (χ0v) is 29.8. The molecule has 0 aliphatic heterocycles. The van der Waals surface area contributed by atoms with E-state index in [0.29, 0.717) is 28.9 Å². The summed E-state index contributed by atoms with van der Waals surface area (Å²) in [5, 5.41) is 19.4. The van der Waals surface area contributed by atoms with Gasteiger partial charge in [-0.15, -0.1) is 0 Å². The average Bonchev–Trinajstić information content (AvgIpc) is 3.00. The molecule has 5 aliphatic carbocycles. The molecule has 1 aromatic carbocycles. The van der Waals surface area contributed by atoms with Crippen LogP contribution in [-0.2, 0) is 9.53 Å². The second kappa shape index (κ2) is 12.1. The maximum absolute atomic E-state index is 13.0. The third-order valence-corrected chi connectivity index (χ3v) is 14.7. The lowest BCUT2D eigenvalue weighted by Gasteiger charge is -2.70. The first-order valence-electron chi connectivity index (χ1n) is 18.2. The molecule has 0 aromatic heterocycles. The van der Waals surface area contributed by atoms with E-state index in [4.69, 9.17) is 4.74 Å². The fourth-order valence-electron chi connectivity index (χ4n) is 11.5. The molecule has 2 N–H and O–H groups in total. The van der Waals surface area contributed by atoms with Gasteiger partial charge in [-0.2, -0.15) is 0 Å². The van der Waals surface area contributed by atoms with Gasteiger partial charge in [-0.3, -0.25) is 0 Å². The minimum absolute atomic E-state index is 0.000251. The molecule has 0 spiro atoms. The van der Waals surface area contributed by atoms with E-state index in [1.54, 1.807) is 17.7 Å². The standard InChI is InChI=1S/C39H56O4.C2H6/c1-25-14-16-36(5)28(26(25)2)15-17-38(7)33(36)12-10-29-30-23-35(3,4)18-20-39(30,21-19-37(29,38)6)24-43-34(42)13-9-27-8-11-31(40)32(41)22-27;1-2/h8-11,13,22,25-26,28,30,33,40-41H,12,14-21,23-24H2,1-7H3;1-2H3/b13-9+;. The highest BCUT2D eigenvalue weighted by Crippen LogP contribution is 2.75. The fraction of sp³-hybridized carbons (Fsp3) is 0.732. The molecule has 1 aromatic rings. The Kier molecular flexibility index (Phi) is 9.17. The SMILES string of the molecule is CC.CC1CCC2(C)C(CCC3(C)C2CC=C2C4CC(C)(C)CCC4(COC(=O)/C=C/c4ccc(O)c(O)c4)CCC23C)C1C. The minimum Gasteiger partial charge on any atom is -0.504 e. The Bertz CT molecular complexity index is 1320. The van der Waals surface area contributed by atoms with E-state index in [-0.39, 0.29) is 33.7 Å². The van der Waals surface area contributed by atoms with E-state index in [9.17, 15) is 15.0 Å². The lowest BCUT2D eigenvalue weighted by Crippen LogP contribution is -2.63. The van der Waals surface area contributed by atoms with Gasteiger partial charge in [0.15, 0.2) is 11.5 Å². The van der Waals surface area contributed by atoms with Gasteiger partial charge in [0, 0.05) is 11.5 Å². The fourth-order valence-corrected chi connectivity index (χ4v) is 11.5. The van der Waals surface area contributed by atoms with Crippen LogP contribution in [-0.4, -0.2) is 22.8 Å². The van der Waals surface area contributed by atoms with Gasteiger partial charge in [-0.1, -0.05) is 80.0 Å². The maximum Gasteiger partial charge on any atom is 0.330 e. The molecule has 9 atom stereocenters. The molecule has 0 saturated heterocycles. The second-order valence-corrected chi connectivity index (χ2v) is 17.2. The van der Waals surface area contributed by atoms with Crippen LogP contribution in [0.4, 0.5) is 0 Å². The van der Waals surface area contributed by atoms with Crippen molar-refractivity contribution in [1.82, 2.24) is 0 Å². The molecule has 6 rings (SSSR count). The van der Waals surface area contributed by atoms with Crippen molar-refractivity contribution in [3.63, 3.8) is 0 Å². The van der Waals surface area contributed by atoms with Crippen LogP contribution >= 0.6 is 0 Å². The van der Waals surface area contributed by atoms with Crippen LogP contribution in [0.2, 0.25) is 0 Å². The number of hydrogen-bond donors (Lipinski definition) is 2. The normalized spacial score (nSPS) is 41.7. The number of aromatic hydroxyl groups is 2. The van der Waals surface area contributed by atoms with Gasteiger partial charge in [-0.25, -0.2) is 4.79 Å². The quantitative estimate of drug-likeness (QED) is 0.152. The highest BCUT2D eigenvalue weighted by atomic mass is 16.5. The maximum atomic E-state index is 13.0. The first-order valence-corrected chi connectivity index (χ1v) is 18.2. The zero-order chi connectivity index (χ0) is 33.0. The molecule has 4 heteroatoms. The molecule has 0 radical (unpaired) electrons. The van der Waals surface area contributed by atoms with Gasteiger partial charge in [0.05, 0.1) is 6.61 Å². The minimum atomic E-state index is -0.338. The smallest absolute Gasteiger partial charge is 0.330 e. The molecule has 45 heavy (non-hydrogen) atoms. The van der Waals surface area contributed by atoms with Gasteiger partial charge < -0.3 is 14.9 Å². The van der Waals surface area contributed by atoms with E-state index in [1.165, 1.54) is 69.6 Å². The van der Waals surface area contributed by atoms with E-state index < -0.39 is 0 Å². The van der Waals surface area contributed by atoms with Crippen molar-refractivity contribution in [3.8, 4) is 11.5 Å². The lowest BCUT2D eigenvalue weighted by molar-refractivity contribution is -0.178. The number of benzene rings is 1. The zero-order valence-electron chi connectivity index (χ0n) is 29.8. The molecule has 4 nitrogen and oxygen atoms in total. The Morgan fingerprint density at radius 2 is 1.64 bits per heavy atom. The number of carbonyl (C=O) groups excluding carboxylic acids is 1. The number of ether oxygens (including phenoxy) is 1. The van der Waals surface area contributed by atoms with Crippen LogP contribution in [0.3, 0.4) is 0 Å². The van der Waals surface area contributed by atoms with Crippen LogP contribution < -0.4 is 0 Å².